The summed E-state index contributed by atoms with van der Waals surface area (Å²) < 4.78 is 5.26. The van der Waals surface area contributed by atoms with E-state index in [9.17, 15) is 4.79 Å². The molecule has 0 spiro atoms. The molecule has 0 atom stereocenters. The maximum absolute atomic E-state index is 12.0. The minimum absolute atomic E-state index is 0.218. The van der Waals surface area contributed by atoms with E-state index < -0.39 is 0 Å². The first-order chi connectivity index (χ1) is 10.3. The third kappa shape index (κ3) is 3.65. The second-order valence-electron chi connectivity index (χ2n) is 4.82. The number of hydrogen-bond donors (Lipinski definition) is 2. The molecule has 1 aliphatic heterocycles. The number of nitrogens with one attached hydrogen (secondary N) is 2. The number of morpholine rings is 1. The Morgan fingerprint density at radius 3 is 2.67 bits per heavy atom. The Morgan fingerprint density at radius 1 is 1.19 bits per heavy atom. The summed E-state index contributed by atoms with van der Waals surface area (Å²) in [7, 11) is 0. The topological polar surface area (TPSA) is 83.1 Å². The van der Waals surface area contributed by atoms with E-state index in [-0.39, 0.29) is 5.56 Å². The van der Waals surface area contributed by atoms with Crippen LogP contribution in [0.5, 0.6) is 0 Å². The standard InChI is InChI=1S/C14H17N5O2/c20-13-12(10-11-4-2-1-3-5-11)16-17-14(15-13)18-19-6-8-21-9-7-19/h1-5H,6-10H2,(H2,15,17,18,20). The molecule has 1 aromatic heterocycles. The van der Waals surface area contributed by atoms with Gasteiger partial charge in [-0.25, -0.2) is 5.01 Å². The molecular formula is C14H17N5O2. The second-order valence-corrected chi connectivity index (χ2v) is 4.82. The van der Waals surface area contributed by atoms with Gasteiger partial charge in [-0.1, -0.05) is 30.3 Å². The zero-order valence-corrected chi connectivity index (χ0v) is 11.6. The SMILES string of the molecule is O=c1[nH]c(NN2CCOCC2)nnc1Cc1ccccc1. The van der Waals surface area contributed by atoms with E-state index in [2.05, 4.69) is 20.6 Å². The number of benzene rings is 1. The number of rotatable bonds is 4. The van der Waals surface area contributed by atoms with Gasteiger partial charge >= 0.3 is 0 Å². The van der Waals surface area contributed by atoms with Gasteiger partial charge in [0.05, 0.1) is 13.2 Å². The van der Waals surface area contributed by atoms with Crippen molar-refractivity contribution < 1.29 is 4.74 Å². The zero-order valence-electron chi connectivity index (χ0n) is 11.6. The van der Waals surface area contributed by atoms with Crippen molar-refractivity contribution in [3.63, 3.8) is 0 Å². The summed E-state index contributed by atoms with van der Waals surface area (Å²) in [5.41, 5.74) is 4.26. The van der Waals surface area contributed by atoms with E-state index in [1.807, 2.05) is 35.3 Å². The molecule has 0 radical (unpaired) electrons. The van der Waals surface area contributed by atoms with Gasteiger partial charge in [0.2, 0.25) is 5.95 Å². The third-order valence-electron chi connectivity index (χ3n) is 3.25. The predicted molar refractivity (Wildman–Crippen MR) is 77.9 cm³/mol. The van der Waals surface area contributed by atoms with Crippen molar-refractivity contribution in [2.75, 3.05) is 31.7 Å². The molecule has 7 nitrogen and oxygen atoms in total. The Balaban J connectivity index is 1.69. The van der Waals surface area contributed by atoms with Crippen LogP contribution in [0.15, 0.2) is 35.1 Å². The van der Waals surface area contributed by atoms with Crippen LogP contribution in [-0.2, 0) is 11.2 Å². The molecule has 0 bridgehead atoms. The van der Waals surface area contributed by atoms with Gasteiger partial charge in [-0.15, -0.1) is 10.2 Å². The van der Waals surface area contributed by atoms with Gasteiger partial charge in [0.15, 0.2) is 0 Å². The van der Waals surface area contributed by atoms with Crippen LogP contribution in [0.25, 0.3) is 0 Å². The van der Waals surface area contributed by atoms with Crippen molar-refractivity contribution in [3.05, 3.63) is 51.9 Å². The highest BCUT2D eigenvalue weighted by molar-refractivity contribution is 5.23. The van der Waals surface area contributed by atoms with Crippen LogP contribution in [0, 0.1) is 0 Å². The molecule has 2 heterocycles. The zero-order chi connectivity index (χ0) is 14.5. The van der Waals surface area contributed by atoms with E-state index in [1.165, 1.54) is 0 Å². The average molecular weight is 287 g/mol. The molecule has 1 fully saturated rings. The monoisotopic (exact) mass is 287 g/mol. The third-order valence-corrected chi connectivity index (χ3v) is 3.25. The smallest absolute Gasteiger partial charge is 0.274 e. The first kappa shape index (κ1) is 13.7. The van der Waals surface area contributed by atoms with Crippen LogP contribution < -0.4 is 11.0 Å². The Bertz CT molecular complexity index is 637. The van der Waals surface area contributed by atoms with Crippen molar-refractivity contribution in [1.29, 1.82) is 0 Å². The Hall–Kier alpha value is -2.25. The number of anilines is 1. The largest absolute Gasteiger partial charge is 0.379 e. The van der Waals surface area contributed by atoms with Crippen molar-refractivity contribution in [2.45, 2.75) is 6.42 Å². The highest BCUT2D eigenvalue weighted by Gasteiger charge is 2.12. The number of H-pyrrole nitrogens is 1. The molecule has 1 aliphatic rings. The Morgan fingerprint density at radius 2 is 1.95 bits per heavy atom. The molecule has 2 N–H and O–H groups in total. The van der Waals surface area contributed by atoms with Crippen molar-refractivity contribution in [2.24, 2.45) is 0 Å². The minimum atomic E-state index is -0.218. The highest BCUT2D eigenvalue weighted by Crippen LogP contribution is 2.04. The number of aromatic nitrogens is 3. The Labute approximate surface area is 121 Å². The lowest BCUT2D eigenvalue weighted by atomic mass is 10.1. The summed E-state index contributed by atoms with van der Waals surface area (Å²) in [6.07, 6.45) is 0.473. The van der Waals surface area contributed by atoms with Crippen LogP contribution in [0.3, 0.4) is 0 Å². The fourth-order valence-corrected chi connectivity index (χ4v) is 2.14. The maximum Gasteiger partial charge on any atom is 0.274 e. The van der Waals surface area contributed by atoms with Crippen LogP contribution >= 0.6 is 0 Å². The van der Waals surface area contributed by atoms with Gasteiger partial charge in [-0.05, 0) is 5.56 Å². The van der Waals surface area contributed by atoms with E-state index >= 15 is 0 Å². The maximum atomic E-state index is 12.0. The first-order valence-electron chi connectivity index (χ1n) is 6.90. The lowest BCUT2D eigenvalue weighted by Crippen LogP contribution is -2.41. The normalized spacial score (nSPS) is 15.8. The predicted octanol–water partition coefficient (Wildman–Crippen LogP) is 0.415. The van der Waals surface area contributed by atoms with Gasteiger partial charge in [-0.3, -0.25) is 15.2 Å². The van der Waals surface area contributed by atoms with Crippen LogP contribution in [0.2, 0.25) is 0 Å². The molecule has 2 aromatic rings. The number of hydrazine groups is 1. The lowest BCUT2D eigenvalue weighted by Gasteiger charge is -2.26. The van der Waals surface area contributed by atoms with Gasteiger partial charge < -0.3 is 4.74 Å². The van der Waals surface area contributed by atoms with Gasteiger partial charge in [0, 0.05) is 19.5 Å². The fourth-order valence-electron chi connectivity index (χ4n) is 2.14. The molecule has 0 amide bonds. The molecule has 1 aromatic carbocycles. The molecule has 3 rings (SSSR count). The molecule has 0 aliphatic carbocycles. The fraction of sp³-hybridized carbons (Fsp3) is 0.357. The van der Waals surface area contributed by atoms with E-state index in [1.54, 1.807) is 0 Å². The van der Waals surface area contributed by atoms with Crippen molar-refractivity contribution >= 4 is 5.95 Å². The molecular weight excluding hydrogens is 270 g/mol. The quantitative estimate of drug-likeness (QED) is 0.847. The number of hydrogen-bond acceptors (Lipinski definition) is 6. The number of nitrogens with zero attached hydrogens (tertiary/aromatic N) is 3. The summed E-state index contributed by atoms with van der Waals surface area (Å²) in [6, 6.07) is 9.73. The highest BCUT2D eigenvalue weighted by atomic mass is 16.5. The van der Waals surface area contributed by atoms with Crippen LogP contribution in [0.1, 0.15) is 11.3 Å². The summed E-state index contributed by atoms with van der Waals surface area (Å²) in [5, 5.41) is 10.0. The molecule has 1 saturated heterocycles. The summed E-state index contributed by atoms with van der Waals surface area (Å²) in [4.78, 5) is 14.8. The van der Waals surface area contributed by atoms with E-state index in [4.69, 9.17) is 4.74 Å². The summed E-state index contributed by atoms with van der Waals surface area (Å²) in [5.74, 6) is 0.360. The first-order valence-corrected chi connectivity index (χ1v) is 6.90. The van der Waals surface area contributed by atoms with Crippen LogP contribution in [0.4, 0.5) is 5.95 Å². The number of aromatic amines is 1. The lowest BCUT2D eigenvalue weighted by molar-refractivity contribution is 0.0492. The summed E-state index contributed by atoms with van der Waals surface area (Å²) >= 11 is 0. The molecule has 21 heavy (non-hydrogen) atoms. The second kappa shape index (κ2) is 6.47. The minimum Gasteiger partial charge on any atom is -0.379 e. The van der Waals surface area contributed by atoms with Crippen LogP contribution in [-0.4, -0.2) is 46.5 Å². The van der Waals surface area contributed by atoms with E-state index in [0.717, 1.165) is 18.7 Å². The summed E-state index contributed by atoms with van der Waals surface area (Å²) in [6.45, 7) is 2.82. The Kier molecular flexibility index (Phi) is 4.23. The molecule has 110 valence electrons. The molecule has 7 heteroatoms. The molecule has 0 unspecified atom stereocenters. The van der Waals surface area contributed by atoms with E-state index in [0.29, 0.717) is 31.3 Å². The van der Waals surface area contributed by atoms with Crippen molar-refractivity contribution in [1.82, 2.24) is 20.2 Å². The number of ether oxygens (including phenoxy) is 1. The van der Waals surface area contributed by atoms with Crippen molar-refractivity contribution in [3.8, 4) is 0 Å². The van der Waals surface area contributed by atoms with Gasteiger partial charge in [0.25, 0.3) is 5.56 Å². The van der Waals surface area contributed by atoms with Gasteiger partial charge in [0.1, 0.15) is 5.69 Å². The molecule has 0 saturated carbocycles. The van der Waals surface area contributed by atoms with Gasteiger partial charge in [-0.2, -0.15) is 0 Å². The average Bonchev–Trinajstić information content (AvgIpc) is 2.52.